The van der Waals surface area contributed by atoms with Gasteiger partial charge in [-0.1, -0.05) is 37.8 Å². The van der Waals surface area contributed by atoms with Crippen molar-refractivity contribution in [2.45, 2.75) is 51.5 Å². The molecule has 1 aliphatic rings. The number of hydrogen-bond acceptors (Lipinski definition) is 3. The molecular weight excluding hydrogens is 352 g/mol. The van der Waals surface area contributed by atoms with E-state index in [1.165, 1.54) is 19.8 Å². The molecule has 0 unspecified atom stereocenters. The van der Waals surface area contributed by atoms with E-state index in [1.54, 1.807) is 48.5 Å². The lowest BCUT2D eigenvalue weighted by Gasteiger charge is -2.16. The molecule has 0 bridgehead atoms. The van der Waals surface area contributed by atoms with Crippen molar-refractivity contribution in [1.29, 1.82) is 0 Å². The molecule has 2 aromatic carbocycles. The molecule has 146 valence electrons. The van der Waals surface area contributed by atoms with Gasteiger partial charge < -0.3 is 10.6 Å². The summed E-state index contributed by atoms with van der Waals surface area (Å²) >= 11 is 0. The summed E-state index contributed by atoms with van der Waals surface area (Å²) in [5, 5.41) is 5.89. The Labute approximate surface area is 165 Å². The Bertz CT molecular complexity index is 850. The molecule has 2 aromatic rings. The highest BCUT2D eigenvalue weighted by Crippen LogP contribution is 2.18. The third-order valence-electron chi connectivity index (χ3n) is 5.13. The van der Waals surface area contributed by atoms with Crippen LogP contribution in [0.1, 0.15) is 76.5 Å². The van der Waals surface area contributed by atoms with Crippen LogP contribution in [-0.4, -0.2) is 23.6 Å². The molecule has 0 heterocycles. The Morgan fingerprint density at radius 3 is 2.00 bits per heavy atom. The number of rotatable bonds is 5. The fraction of sp³-hybridized carbons (Fsp3) is 0.348. The van der Waals surface area contributed by atoms with E-state index in [0.29, 0.717) is 22.4 Å². The number of benzene rings is 2. The largest absolute Gasteiger partial charge is 0.349 e. The van der Waals surface area contributed by atoms with Gasteiger partial charge in [0.25, 0.3) is 11.8 Å². The summed E-state index contributed by atoms with van der Waals surface area (Å²) in [6, 6.07) is 13.7. The number of nitrogens with one attached hydrogen (secondary N) is 2. The van der Waals surface area contributed by atoms with Crippen LogP contribution in [0.15, 0.2) is 48.5 Å². The van der Waals surface area contributed by atoms with E-state index in [-0.39, 0.29) is 23.6 Å². The molecule has 2 amide bonds. The molecular formula is C23H26N2O3. The second-order valence-electron chi connectivity index (χ2n) is 7.33. The average molecular weight is 378 g/mol. The number of hydrogen-bond donors (Lipinski definition) is 2. The Balaban J connectivity index is 1.61. The molecule has 1 aliphatic carbocycles. The molecule has 0 spiro atoms. The molecule has 5 heteroatoms. The quantitative estimate of drug-likeness (QED) is 0.590. The third kappa shape index (κ3) is 5.28. The van der Waals surface area contributed by atoms with E-state index in [0.717, 1.165) is 25.7 Å². The van der Waals surface area contributed by atoms with Gasteiger partial charge in [-0.2, -0.15) is 0 Å². The lowest BCUT2D eigenvalue weighted by molar-refractivity contribution is 0.0931. The zero-order valence-electron chi connectivity index (χ0n) is 16.2. The van der Waals surface area contributed by atoms with Crippen molar-refractivity contribution in [3.8, 4) is 0 Å². The second kappa shape index (κ2) is 9.31. The van der Waals surface area contributed by atoms with Gasteiger partial charge in [0.1, 0.15) is 0 Å². The fourth-order valence-electron chi connectivity index (χ4n) is 3.48. The standard InChI is InChI=1S/C23H26N2O3/c1-16(26)19-7-6-10-21(15-19)25-23(28)18-13-11-17(12-14-18)22(27)24-20-8-4-2-3-5-9-20/h6-7,10-15,20H,2-5,8-9H2,1H3,(H,24,27)(H,25,28). The highest BCUT2D eigenvalue weighted by Gasteiger charge is 2.16. The Hall–Kier alpha value is -2.95. The predicted molar refractivity (Wildman–Crippen MR) is 110 cm³/mol. The molecule has 0 saturated heterocycles. The molecule has 5 nitrogen and oxygen atoms in total. The van der Waals surface area contributed by atoms with E-state index in [4.69, 9.17) is 0 Å². The van der Waals surface area contributed by atoms with Crippen LogP contribution in [0.25, 0.3) is 0 Å². The number of Topliss-reactive ketones (excluding diaryl/α,β-unsaturated/α-hetero) is 1. The Morgan fingerprint density at radius 2 is 1.39 bits per heavy atom. The second-order valence-corrected chi connectivity index (χ2v) is 7.33. The van der Waals surface area contributed by atoms with E-state index in [1.807, 2.05) is 0 Å². The van der Waals surface area contributed by atoms with Gasteiger partial charge in [-0.25, -0.2) is 0 Å². The van der Waals surface area contributed by atoms with Gasteiger partial charge in [0.15, 0.2) is 5.78 Å². The first-order valence-corrected chi connectivity index (χ1v) is 9.86. The van der Waals surface area contributed by atoms with Gasteiger partial charge in [-0.15, -0.1) is 0 Å². The lowest BCUT2D eigenvalue weighted by atomic mass is 10.1. The minimum absolute atomic E-state index is 0.0554. The van der Waals surface area contributed by atoms with Gasteiger partial charge in [0, 0.05) is 28.4 Å². The third-order valence-corrected chi connectivity index (χ3v) is 5.13. The van der Waals surface area contributed by atoms with E-state index in [9.17, 15) is 14.4 Å². The Kier molecular flexibility index (Phi) is 6.58. The number of carbonyl (C=O) groups is 3. The smallest absolute Gasteiger partial charge is 0.255 e. The van der Waals surface area contributed by atoms with Crippen LogP contribution in [0.2, 0.25) is 0 Å². The first-order valence-electron chi connectivity index (χ1n) is 9.86. The number of anilines is 1. The SMILES string of the molecule is CC(=O)c1cccc(NC(=O)c2ccc(C(=O)NC3CCCCCC3)cc2)c1. The van der Waals surface area contributed by atoms with Crippen molar-refractivity contribution in [2.75, 3.05) is 5.32 Å². The van der Waals surface area contributed by atoms with Crippen LogP contribution < -0.4 is 10.6 Å². The summed E-state index contributed by atoms with van der Waals surface area (Å²) in [6.07, 6.45) is 6.87. The molecule has 1 fully saturated rings. The lowest BCUT2D eigenvalue weighted by Crippen LogP contribution is -2.34. The van der Waals surface area contributed by atoms with Crippen LogP contribution in [0.4, 0.5) is 5.69 Å². The van der Waals surface area contributed by atoms with Crippen molar-refractivity contribution in [3.05, 3.63) is 65.2 Å². The highest BCUT2D eigenvalue weighted by molar-refractivity contribution is 6.05. The van der Waals surface area contributed by atoms with E-state index < -0.39 is 0 Å². The molecule has 2 N–H and O–H groups in total. The molecule has 1 saturated carbocycles. The van der Waals surface area contributed by atoms with Gasteiger partial charge in [-0.3, -0.25) is 14.4 Å². The van der Waals surface area contributed by atoms with Crippen LogP contribution in [0, 0.1) is 0 Å². The molecule has 0 radical (unpaired) electrons. The topological polar surface area (TPSA) is 75.3 Å². The van der Waals surface area contributed by atoms with Crippen molar-refractivity contribution in [1.82, 2.24) is 5.32 Å². The van der Waals surface area contributed by atoms with Crippen LogP contribution in [0.5, 0.6) is 0 Å². The van der Waals surface area contributed by atoms with Gasteiger partial charge >= 0.3 is 0 Å². The van der Waals surface area contributed by atoms with Crippen LogP contribution in [-0.2, 0) is 0 Å². The maximum atomic E-state index is 12.5. The highest BCUT2D eigenvalue weighted by atomic mass is 16.2. The van der Waals surface area contributed by atoms with Gasteiger partial charge in [0.2, 0.25) is 0 Å². The van der Waals surface area contributed by atoms with Gasteiger partial charge in [-0.05, 0) is 56.2 Å². The van der Waals surface area contributed by atoms with Crippen molar-refractivity contribution in [2.24, 2.45) is 0 Å². The molecule has 0 aromatic heterocycles. The van der Waals surface area contributed by atoms with Crippen molar-refractivity contribution in [3.63, 3.8) is 0 Å². The summed E-state index contributed by atoms with van der Waals surface area (Å²) in [4.78, 5) is 36.4. The minimum atomic E-state index is -0.281. The van der Waals surface area contributed by atoms with Crippen molar-refractivity contribution >= 4 is 23.3 Å². The summed E-state index contributed by atoms with van der Waals surface area (Å²) < 4.78 is 0. The maximum Gasteiger partial charge on any atom is 0.255 e. The first-order chi connectivity index (χ1) is 13.5. The number of amides is 2. The zero-order valence-corrected chi connectivity index (χ0v) is 16.2. The molecule has 28 heavy (non-hydrogen) atoms. The monoisotopic (exact) mass is 378 g/mol. The summed E-state index contributed by atoms with van der Waals surface area (Å²) in [6.45, 7) is 1.49. The average Bonchev–Trinajstić information content (AvgIpc) is 2.97. The zero-order chi connectivity index (χ0) is 19.9. The number of ketones is 1. The first kappa shape index (κ1) is 19.8. The maximum absolute atomic E-state index is 12.5. The van der Waals surface area contributed by atoms with Crippen molar-refractivity contribution < 1.29 is 14.4 Å². The Morgan fingerprint density at radius 1 is 0.786 bits per heavy atom. The molecule has 0 aliphatic heterocycles. The molecule has 0 atom stereocenters. The van der Waals surface area contributed by atoms with Crippen LogP contribution in [0.3, 0.4) is 0 Å². The summed E-state index contributed by atoms with van der Waals surface area (Å²) in [5.41, 5.74) is 2.12. The van der Waals surface area contributed by atoms with Gasteiger partial charge in [0.05, 0.1) is 0 Å². The van der Waals surface area contributed by atoms with E-state index in [2.05, 4.69) is 10.6 Å². The summed E-state index contributed by atoms with van der Waals surface area (Å²) in [7, 11) is 0. The van der Waals surface area contributed by atoms with E-state index >= 15 is 0 Å². The number of carbonyl (C=O) groups excluding carboxylic acids is 3. The van der Waals surface area contributed by atoms with Crippen LogP contribution >= 0.6 is 0 Å². The normalized spacial score (nSPS) is 14.8. The minimum Gasteiger partial charge on any atom is -0.349 e. The predicted octanol–water partition coefficient (Wildman–Crippen LogP) is 4.59. The fourth-order valence-corrected chi connectivity index (χ4v) is 3.48. The molecule has 3 rings (SSSR count). The summed E-state index contributed by atoms with van der Waals surface area (Å²) in [5.74, 6) is -0.426.